The zero-order valence-corrected chi connectivity index (χ0v) is 15.3. The van der Waals surface area contributed by atoms with Gasteiger partial charge < -0.3 is 4.74 Å². The molecule has 6 heteroatoms. The van der Waals surface area contributed by atoms with E-state index in [1.54, 1.807) is 29.7 Å². The summed E-state index contributed by atoms with van der Waals surface area (Å²) in [5.41, 5.74) is 1.67. The quantitative estimate of drug-likeness (QED) is 0.708. The van der Waals surface area contributed by atoms with Crippen molar-refractivity contribution in [1.29, 1.82) is 0 Å². The molecule has 2 heterocycles. The Morgan fingerprint density at radius 3 is 2.62 bits per heavy atom. The van der Waals surface area contributed by atoms with Gasteiger partial charge in [-0.05, 0) is 42.2 Å². The zero-order valence-electron chi connectivity index (χ0n) is 14.5. The van der Waals surface area contributed by atoms with Gasteiger partial charge in [-0.25, -0.2) is 8.42 Å². The lowest BCUT2D eigenvalue weighted by molar-refractivity contribution is 0.414. The Morgan fingerprint density at radius 2 is 1.85 bits per heavy atom. The van der Waals surface area contributed by atoms with Crippen LogP contribution in [0.5, 0.6) is 5.75 Å². The molecule has 1 saturated heterocycles. The molecular formula is C20H20N2O3S. The third-order valence-electron chi connectivity index (χ3n) is 4.95. The number of pyridine rings is 1. The van der Waals surface area contributed by atoms with E-state index in [0.29, 0.717) is 18.6 Å². The highest BCUT2D eigenvalue weighted by Crippen LogP contribution is 2.33. The van der Waals surface area contributed by atoms with Gasteiger partial charge in [0.2, 0.25) is 10.0 Å². The summed E-state index contributed by atoms with van der Waals surface area (Å²) in [4.78, 5) is 4.58. The van der Waals surface area contributed by atoms with E-state index in [9.17, 15) is 8.42 Å². The van der Waals surface area contributed by atoms with E-state index in [0.717, 1.165) is 23.1 Å². The van der Waals surface area contributed by atoms with Crippen LogP contribution in [0.4, 0.5) is 0 Å². The van der Waals surface area contributed by atoms with Crippen LogP contribution < -0.4 is 4.74 Å². The topological polar surface area (TPSA) is 59.5 Å². The predicted octanol–water partition coefficient (Wildman–Crippen LogP) is 3.42. The van der Waals surface area contributed by atoms with Gasteiger partial charge >= 0.3 is 0 Å². The van der Waals surface area contributed by atoms with Crippen molar-refractivity contribution in [2.75, 3.05) is 20.2 Å². The number of benzene rings is 2. The molecule has 0 saturated carbocycles. The van der Waals surface area contributed by atoms with E-state index in [1.807, 2.05) is 42.5 Å². The number of hydrogen-bond donors (Lipinski definition) is 0. The van der Waals surface area contributed by atoms with Crippen LogP contribution >= 0.6 is 0 Å². The van der Waals surface area contributed by atoms with Crippen LogP contribution in [0, 0.1) is 0 Å². The Balaban J connectivity index is 1.62. The molecule has 1 aliphatic rings. The van der Waals surface area contributed by atoms with E-state index in [-0.39, 0.29) is 10.8 Å². The van der Waals surface area contributed by atoms with Crippen molar-refractivity contribution < 1.29 is 13.2 Å². The molecule has 134 valence electrons. The van der Waals surface area contributed by atoms with E-state index < -0.39 is 10.0 Å². The average Bonchev–Trinajstić information content (AvgIpc) is 3.18. The summed E-state index contributed by atoms with van der Waals surface area (Å²) in [6, 6.07) is 16.9. The molecular weight excluding hydrogens is 348 g/mol. The molecule has 0 aliphatic carbocycles. The van der Waals surface area contributed by atoms with Gasteiger partial charge in [-0.1, -0.05) is 30.3 Å². The standard InChI is InChI=1S/C20H20N2O3S/c1-25-18-9-7-15(8-10-18)17-11-13-22(14-17)26(23,24)19-6-2-4-16-5-3-12-21-20(16)19/h2-10,12,17H,11,13-14H2,1H3. The van der Waals surface area contributed by atoms with Crippen LogP contribution in [0.3, 0.4) is 0 Å². The van der Waals surface area contributed by atoms with Crippen molar-refractivity contribution in [3.63, 3.8) is 0 Å². The fraction of sp³-hybridized carbons (Fsp3) is 0.250. The lowest BCUT2D eigenvalue weighted by Gasteiger charge is -2.18. The van der Waals surface area contributed by atoms with Crippen molar-refractivity contribution in [3.05, 3.63) is 66.4 Å². The molecule has 0 amide bonds. The summed E-state index contributed by atoms with van der Waals surface area (Å²) in [6.07, 6.45) is 2.44. The van der Waals surface area contributed by atoms with Gasteiger partial charge in [-0.2, -0.15) is 4.31 Å². The molecule has 0 spiro atoms. The van der Waals surface area contributed by atoms with Crippen LogP contribution in [0.1, 0.15) is 17.9 Å². The number of nitrogens with zero attached hydrogens (tertiary/aromatic N) is 2. The van der Waals surface area contributed by atoms with Gasteiger partial charge in [-0.3, -0.25) is 4.98 Å². The molecule has 3 aromatic rings. The van der Waals surface area contributed by atoms with Gasteiger partial charge in [0, 0.05) is 24.7 Å². The average molecular weight is 368 g/mol. The third kappa shape index (κ3) is 2.95. The minimum absolute atomic E-state index is 0.193. The lowest BCUT2D eigenvalue weighted by Crippen LogP contribution is -2.29. The van der Waals surface area contributed by atoms with Crippen LogP contribution in [-0.4, -0.2) is 37.9 Å². The van der Waals surface area contributed by atoms with Gasteiger partial charge in [0.1, 0.15) is 10.6 Å². The number of methoxy groups -OCH3 is 1. The van der Waals surface area contributed by atoms with Crippen LogP contribution in [0.15, 0.2) is 65.7 Å². The van der Waals surface area contributed by atoms with E-state index in [2.05, 4.69) is 4.98 Å². The molecule has 0 N–H and O–H groups in total. The smallest absolute Gasteiger partial charge is 0.245 e. The molecule has 2 aromatic carbocycles. The highest BCUT2D eigenvalue weighted by molar-refractivity contribution is 7.89. The van der Waals surface area contributed by atoms with E-state index in [4.69, 9.17) is 4.74 Å². The lowest BCUT2D eigenvalue weighted by atomic mass is 9.99. The molecule has 0 radical (unpaired) electrons. The number of rotatable bonds is 4. The number of ether oxygens (including phenoxy) is 1. The van der Waals surface area contributed by atoms with Crippen LogP contribution in [0.2, 0.25) is 0 Å². The fourth-order valence-corrected chi connectivity index (χ4v) is 5.18. The monoisotopic (exact) mass is 368 g/mol. The first-order valence-corrected chi connectivity index (χ1v) is 10.0. The summed E-state index contributed by atoms with van der Waals surface area (Å²) < 4.78 is 33.2. The fourth-order valence-electron chi connectivity index (χ4n) is 3.52. The van der Waals surface area contributed by atoms with E-state index in [1.165, 1.54) is 0 Å². The second-order valence-corrected chi connectivity index (χ2v) is 8.36. The maximum absolute atomic E-state index is 13.2. The summed E-state index contributed by atoms with van der Waals surface area (Å²) in [7, 11) is -1.94. The Hall–Kier alpha value is -2.44. The highest BCUT2D eigenvalue weighted by Gasteiger charge is 2.34. The van der Waals surface area contributed by atoms with Gasteiger partial charge in [0.15, 0.2) is 0 Å². The van der Waals surface area contributed by atoms with Gasteiger partial charge in [-0.15, -0.1) is 0 Å². The molecule has 1 unspecified atom stereocenters. The van der Waals surface area contributed by atoms with Crippen molar-refractivity contribution >= 4 is 20.9 Å². The van der Waals surface area contributed by atoms with Crippen molar-refractivity contribution in [3.8, 4) is 5.75 Å². The number of hydrogen-bond acceptors (Lipinski definition) is 4. The molecule has 4 rings (SSSR count). The third-order valence-corrected chi connectivity index (χ3v) is 6.85. The maximum Gasteiger partial charge on any atom is 0.245 e. The normalized spacial score (nSPS) is 18.3. The second-order valence-electron chi connectivity index (χ2n) is 6.45. The van der Waals surface area contributed by atoms with Gasteiger partial charge in [0.05, 0.1) is 12.6 Å². The molecule has 0 bridgehead atoms. The van der Waals surface area contributed by atoms with Crippen LogP contribution in [0.25, 0.3) is 10.9 Å². The molecule has 26 heavy (non-hydrogen) atoms. The minimum Gasteiger partial charge on any atom is -0.497 e. The van der Waals surface area contributed by atoms with Crippen molar-refractivity contribution in [2.45, 2.75) is 17.2 Å². The van der Waals surface area contributed by atoms with Gasteiger partial charge in [0.25, 0.3) is 0 Å². The van der Waals surface area contributed by atoms with Crippen molar-refractivity contribution in [1.82, 2.24) is 9.29 Å². The Bertz CT molecular complexity index is 1030. The number of sulfonamides is 1. The molecule has 1 aromatic heterocycles. The second kappa shape index (κ2) is 6.70. The summed E-state index contributed by atoms with van der Waals surface area (Å²) >= 11 is 0. The first-order valence-electron chi connectivity index (χ1n) is 8.57. The summed E-state index contributed by atoms with van der Waals surface area (Å²) in [5.74, 6) is 0.997. The first-order chi connectivity index (χ1) is 12.6. The molecule has 1 fully saturated rings. The van der Waals surface area contributed by atoms with Crippen LogP contribution in [-0.2, 0) is 10.0 Å². The molecule has 1 aliphatic heterocycles. The minimum atomic E-state index is -3.57. The first kappa shape index (κ1) is 17.0. The molecule has 1 atom stereocenters. The summed E-state index contributed by atoms with van der Waals surface area (Å²) in [6.45, 7) is 1.00. The Labute approximate surface area is 153 Å². The molecule has 5 nitrogen and oxygen atoms in total. The Kier molecular flexibility index (Phi) is 4.38. The number of para-hydroxylation sites is 1. The highest BCUT2D eigenvalue weighted by atomic mass is 32.2. The number of aromatic nitrogens is 1. The SMILES string of the molecule is COc1ccc(C2CCN(S(=O)(=O)c3cccc4cccnc34)C2)cc1. The summed E-state index contributed by atoms with van der Waals surface area (Å²) in [5, 5.41) is 0.833. The maximum atomic E-state index is 13.2. The van der Waals surface area contributed by atoms with Crippen molar-refractivity contribution in [2.24, 2.45) is 0 Å². The largest absolute Gasteiger partial charge is 0.497 e. The number of fused-ring (bicyclic) bond motifs is 1. The zero-order chi connectivity index (χ0) is 18.1. The Morgan fingerprint density at radius 1 is 1.08 bits per heavy atom. The predicted molar refractivity (Wildman–Crippen MR) is 101 cm³/mol. The van der Waals surface area contributed by atoms with E-state index >= 15 is 0 Å².